The third-order valence-electron chi connectivity index (χ3n) is 4.32. The van der Waals surface area contributed by atoms with E-state index in [0.29, 0.717) is 28.0 Å². The lowest BCUT2D eigenvalue weighted by molar-refractivity contribution is -0.113. The molecule has 1 N–H and O–H groups in total. The molecule has 4 aromatic rings. The molecule has 0 radical (unpaired) electrons. The van der Waals surface area contributed by atoms with Crippen LogP contribution >= 0.6 is 11.8 Å². The number of aromatic nitrogens is 4. The van der Waals surface area contributed by atoms with Crippen LogP contribution in [0.15, 0.2) is 65.8 Å². The first kappa shape index (κ1) is 19.7. The number of anilines is 1. The van der Waals surface area contributed by atoms with Gasteiger partial charge in [-0.25, -0.2) is 0 Å². The summed E-state index contributed by atoms with van der Waals surface area (Å²) in [5.41, 5.74) is 2.99. The molecule has 0 fully saturated rings. The van der Waals surface area contributed by atoms with Gasteiger partial charge in [0.2, 0.25) is 11.1 Å². The van der Waals surface area contributed by atoms with E-state index in [0.717, 1.165) is 11.3 Å². The highest BCUT2D eigenvalue weighted by atomic mass is 32.2. The van der Waals surface area contributed by atoms with Crippen molar-refractivity contribution in [2.75, 3.05) is 25.3 Å². The number of nitrogens with zero attached hydrogens (tertiary/aromatic N) is 4. The number of methoxy groups -OCH3 is 2. The maximum Gasteiger partial charge on any atom is 0.234 e. The second-order valence-corrected chi connectivity index (χ2v) is 7.18. The molecular weight excluding hydrogens is 402 g/mol. The van der Waals surface area contributed by atoms with E-state index in [9.17, 15) is 4.79 Å². The highest BCUT2D eigenvalue weighted by Crippen LogP contribution is 2.29. The zero-order chi connectivity index (χ0) is 20.9. The van der Waals surface area contributed by atoms with E-state index < -0.39 is 0 Å². The van der Waals surface area contributed by atoms with Crippen molar-refractivity contribution < 1.29 is 14.3 Å². The van der Waals surface area contributed by atoms with Crippen molar-refractivity contribution in [3.05, 3.63) is 60.7 Å². The summed E-state index contributed by atoms with van der Waals surface area (Å²) in [6.07, 6.45) is 0. The Balaban J connectivity index is 1.48. The van der Waals surface area contributed by atoms with Crippen LogP contribution in [0, 0.1) is 0 Å². The van der Waals surface area contributed by atoms with Gasteiger partial charge in [0.1, 0.15) is 11.5 Å². The van der Waals surface area contributed by atoms with Gasteiger partial charge in [0.25, 0.3) is 0 Å². The molecule has 9 heteroatoms. The molecule has 8 nitrogen and oxygen atoms in total. The number of thioether (sulfide) groups is 1. The molecule has 2 heterocycles. The third-order valence-corrected chi connectivity index (χ3v) is 5.24. The highest BCUT2D eigenvalue weighted by Gasteiger charge is 2.13. The first-order chi connectivity index (χ1) is 14.7. The van der Waals surface area contributed by atoms with Crippen molar-refractivity contribution in [1.29, 1.82) is 0 Å². The van der Waals surface area contributed by atoms with Crippen molar-refractivity contribution >= 4 is 29.0 Å². The van der Waals surface area contributed by atoms with E-state index in [1.165, 1.54) is 18.9 Å². The molecule has 4 rings (SSSR count). The van der Waals surface area contributed by atoms with Crippen molar-refractivity contribution in [3.63, 3.8) is 0 Å². The van der Waals surface area contributed by atoms with Crippen LogP contribution in [0.2, 0.25) is 0 Å². The Kier molecular flexibility index (Phi) is 5.80. The zero-order valence-corrected chi connectivity index (χ0v) is 17.2. The normalized spacial score (nSPS) is 10.7. The number of carbonyl (C=O) groups is 1. The summed E-state index contributed by atoms with van der Waals surface area (Å²) in [5.74, 6) is 1.12. The SMILES string of the molecule is COc1ccc(NC(=O)CSc2nnc3ccc(-c4ccccc4)nn23)c(OC)c1. The number of nitrogens with one attached hydrogen (secondary N) is 1. The third kappa shape index (κ3) is 4.20. The van der Waals surface area contributed by atoms with Gasteiger partial charge in [-0.05, 0) is 24.3 Å². The standard InChI is InChI=1S/C21H19N5O3S/c1-28-15-8-9-17(18(12-15)29-2)22-20(27)13-30-21-24-23-19-11-10-16(25-26(19)21)14-6-4-3-5-7-14/h3-12H,13H2,1-2H3,(H,22,27). The van der Waals surface area contributed by atoms with Crippen molar-refractivity contribution in [2.45, 2.75) is 5.16 Å². The van der Waals surface area contributed by atoms with Gasteiger partial charge in [-0.1, -0.05) is 42.1 Å². The lowest BCUT2D eigenvalue weighted by atomic mass is 10.1. The number of amides is 1. The molecule has 0 aliphatic rings. The van der Waals surface area contributed by atoms with Crippen LogP contribution in [0.4, 0.5) is 5.69 Å². The average molecular weight is 421 g/mol. The van der Waals surface area contributed by atoms with Gasteiger partial charge in [-0.2, -0.15) is 9.61 Å². The van der Waals surface area contributed by atoms with Gasteiger partial charge in [-0.3, -0.25) is 4.79 Å². The quantitative estimate of drug-likeness (QED) is 0.457. The summed E-state index contributed by atoms with van der Waals surface area (Å²) in [5, 5.41) is 16.3. The van der Waals surface area contributed by atoms with Crippen LogP contribution in [-0.2, 0) is 4.79 Å². The monoisotopic (exact) mass is 421 g/mol. The van der Waals surface area contributed by atoms with Crippen molar-refractivity contribution in [1.82, 2.24) is 19.8 Å². The fourth-order valence-corrected chi connectivity index (χ4v) is 3.53. The fraction of sp³-hybridized carbons (Fsp3) is 0.143. The van der Waals surface area contributed by atoms with Gasteiger partial charge in [0.15, 0.2) is 5.65 Å². The number of hydrogen-bond donors (Lipinski definition) is 1. The van der Waals surface area contributed by atoms with Crippen molar-refractivity contribution in [3.8, 4) is 22.8 Å². The van der Waals surface area contributed by atoms with E-state index >= 15 is 0 Å². The van der Waals surface area contributed by atoms with Crippen LogP contribution in [0.3, 0.4) is 0 Å². The first-order valence-corrected chi connectivity index (χ1v) is 10.1. The molecule has 1 amide bonds. The smallest absolute Gasteiger partial charge is 0.234 e. The Bertz CT molecular complexity index is 1180. The summed E-state index contributed by atoms with van der Waals surface area (Å²) < 4.78 is 12.1. The van der Waals surface area contributed by atoms with E-state index in [4.69, 9.17) is 9.47 Å². The Morgan fingerprint density at radius 1 is 1.03 bits per heavy atom. The minimum Gasteiger partial charge on any atom is -0.497 e. The summed E-state index contributed by atoms with van der Waals surface area (Å²) in [4.78, 5) is 12.5. The maximum atomic E-state index is 12.5. The van der Waals surface area contributed by atoms with E-state index in [1.54, 1.807) is 29.8 Å². The van der Waals surface area contributed by atoms with Crippen LogP contribution in [0.5, 0.6) is 11.5 Å². The Labute approximate surface area is 177 Å². The van der Waals surface area contributed by atoms with Crippen LogP contribution in [0.25, 0.3) is 16.9 Å². The molecule has 0 bridgehead atoms. The van der Waals surface area contributed by atoms with E-state index in [-0.39, 0.29) is 11.7 Å². The second-order valence-electron chi connectivity index (χ2n) is 6.24. The van der Waals surface area contributed by atoms with Crippen LogP contribution in [0.1, 0.15) is 0 Å². The number of rotatable bonds is 7. The predicted molar refractivity (Wildman–Crippen MR) is 115 cm³/mol. The Morgan fingerprint density at radius 3 is 2.63 bits per heavy atom. The number of hydrogen-bond acceptors (Lipinski definition) is 7. The highest BCUT2D eigenvalue weighted by molar-refractivity contribution is 7.99. The van der Waals surface area contributed by atoms with Gasteiger partial charge < -0.3 is 14.8 Å². The zero-order valence-electron chi connectivity index (χ0n) is 16.4. The molecule has 2 aromatic carbocycles. The van der Waals surface area contributed by atoms with Gasteiger partial charge in [0, 0.05) is 11.6 Å². The summed E-state index contributed by atoms with van der Waals surface area (Å²) in [6.45, 7) is 0. The number of fused-ring (bicyclic) bond motifs is 1. The van der Waals surface area contributed by atoms with Gasteiger partial charge in [-0.15, -0.1) is 10.2 Å². The molecule has 2 aromatic heterocycles. The fourth-order valence-electron chi connectivity index (χ4n) is 2.84. The van der Waals surface area contributed by atoms with Gasteiger partial charge >= 0.3 is 0 Å². The average Bonchev–Trinajstić information content (AvgIpc) is 3.20. The van der Waals surface area contributed by atoms with Crippen molar-refractivity contribution in [2.24, 2.45) is 0 Å². The largest absolute Gasteiger partial charge is 0.497 e. The van der Waals surface area contributed by atoms with Crippen LogP contribution < -0.4 is 14.8 Å². The minimum absolute atomic E-state index is 0.146. The molecule has 0 spiro atoms. The second kappa shape index (κ2) is 8.83. The van der Waals surface area contributed by atoms with Gasteiger partial charge in [0.05, 0.1) is 31.4 Å². The molecule has 152 valence electrons. The molecule has 0 saturated heterocycles. The number of ether oxygens (including phenoxy) is 2. The Morgan fingerprint density at radius 2 is 1.87 bits per heavy atom. The molecule has 0 aliphatic carbocycles. The molecular formula is C21H19N5O3S. The predicted octanol–water partition coefficient (Wildman–Crippen LogP) is 3.54. The topological polar surface area (TPSA) is 90.6 Å². The molecule has 0 atom stereocenters. The van der Waals surface area contributed by atoms with E-state index in [1.807, 2.05) is 42.5 Å². The Hall–Kier alpha value is -3.59. The maximum absolute atomic E-state index is 12.5. The molecule has 0 aliphatic heterocycles. The summed E-state index contributed by atoms with van der Waals surface area (Å²) in [7, 11) is 3.11. The molecule has 0 unspecified atom stereocenters. The number of carbonyl (C=O) groups excluding carboxylic acids is 1. The summed E-state index contributed by atoms with van der Waals surface area (Å²) in [6, 6.07) is 18.8. The van der Waals surface area contributed by atoms with Crippen LogP contribution in [-0.4, -0.2) is 45.7 Å². The number of benzene rings is 2. The molecule has 0 saturated carbocycles. The summed E-state index contributed by atoms with van der Waals surface area (Å²) >= 11 is 1.26. The minimum atomic E-state index is -0.195. The van der Waals surface area contributed by atoms with E-state index in [2.05, 4.69) is 20.6 Å². The molecule has 30 heavy (non-hydrogen) atoms. The first-order valence-electron chi connectivity index (χ1n) is 9.10. The lowest BCUT2D eigenvalue weighted by Crippen LogP contribution is -2.15. The lowest BCUT2D eigenvalue weighted by Gasteiger charge is -2.11.